The molecule has 0 spiro atoms. The number of nitrogens with zero attached hydrogens (tertiary/aromatic N) is 3. The maximum atomic E-state index is 13.1. The Kier molecular flexibility index (Phi) is 7.02. The van der Waals surface area contributed by atoms with Gasteiger partial charge < -0.3 is 5.32 Å². The van der Waals surface area contributed by atoms with Crippen LogP contribution in [0.25, 0.3) is 0 Å². The summed E-state index contributed by atoms with van der Waals surface area (Å²) in [6.07, 6.45) is 2.19. The zero-order valence-corrected chi connectivity index (χ0v) is 17.7. The molecular weight excluding hydrogens is 423 g/mol. The second-order valence-electron chi connectivity index (χ2n) is 6.37. The van der Waals surface area contributed by atoms with Crippen LogP contribution in [-0.2, 0) is 14.8 Å². The Morgan fingerprint density at radius 3 is 2.82 bits per heavy atom. The second kappa shape index (κ2) is 9.29. The van der Waals surface area contributed by atoms with Gasteiger partial charge in [-0.05, 0) is 43.5 Å². The lowest BCUT2D eigenvalue weighted by molar-refractivity contribution is -0.120. The summed E-state index contributed by atoms with van der Waals surface area (Å²) in [6.45, 7) is 2.49. The van der Waals surface area contributed by atoms with Crippen molar-refractivity contribution in [3.8, 4) is 0 Å². The van der Waals surface area contributed by atoms with E-state index in [2.05, 4.69) is 22.4 Å². The SMILES string of the molecule is CCCSc1nnc(NC(=O)[C@@H]2CCCN(S(=O)(=O)c3ccc(F)cc3)C2)s1. The van der Waals surface area contributed by atoms with E-state index in [9.17, 15) is 17.6 Å². The molecule has 0 saturated carbocycles. The first-order valence-electron chi connectivity index (χ1n) is 8.93. The quantitative estimate of drug-likeness (QED) is 0.521. The molecule has 152 valence electrons. The number of carbonyl (C=O) groups is 1. The number of anilines is 1. The third-order valence-electron chi connectivity index (χ3n) is 4.27. The molecule has 28 heavy (non-hydrogen) atoms. The normalized spacial score (nSPS) is 18.1. The molecule has 1 amide bonds. The van der Waals surface area contributed by atoms with E-state index in [1.165, 1.54) is 27.8 Å². The number of rotatable bonds is 7. The van der Waals surface area contributed by atoms with Crippen LogP contribution >= 0.6 is 23.1 Å². The molecule has 0 radical (unpaired) electrons. The number of benzene rings is 1. The van der Waals surface area contributed by atoms with Crippen molar-refractivity contribution in [3.63, 3.8) is 0 Å². The van der Waals surface area contributed by atoms with Gasteiger partial charge in [0, 0.05) is 18.8 Å². The smallest absolute Gasteiger partial charge is 0.243 e. The number of carbonyl (C=O) groups excluding carboxylic acids is 1. The Labute approximate surface area is 171 Å². The summed E-state index contributed by atoms with van der Waals surface area (Å²) < 4.78 is 40.7. The summed E-state index contributed by atoms with van der Waals surface area (Å²) >= 11 is 2.90. The minimum atomic E-state index is -3.77. The summed E-state index contributed by atoms with van der Waals surface area (Å²) in [6, 6.07) is 4.71. The lowest BCUT2D eigenvalue weighted by Gasteiger charge is -2.31. The van der Waals surface area contributed by atoms with Crippen molar-refractivity contribution in [2.24, 2.45) is 5.92 Å². The molecule has 1 atom stereocenters. The van der Waals surface area contributed by atoms with Gasteiger partial charge in [0.25, 0.3) is 0 Å². The lowest BCUT2D eigenvalue weighted by Crippen LogP contribution is -2.43. The molecule has 1 fully saturated rings. The molecule has 7 nitrogen and oxygen atoms in total. The Balaban J connectivity index is 1.64. The van der Waals surface area contributed by atoms with Gasteiger partial charge >= 0.3 is 0 Å². The Hall–Kier alpha value is -1.56. The number of hydrogen-bond acceptors (Lipinski definition) is 7. The average molecular weight is 445 g/mol. The van der Waals surface area contributed by atoms with Gasteiger partial charge in [-0.15, -0.1) is 10.2 Å². The van der Waals surface area contributed by atoms with Crippen molar-refractivity contribution >= 4 is 44.2 Å². The standard InChI is InChI=1S/C17H21FN4O3S3/c1-2-10-26-17-21-20-16(27-17)19-15(23)12-4-3-9-22(11-12)28(24,25)14-7-5-13(18)6-8-14/h5-8,12H,2-4,9-11H2,1H3,(H,19,20,23)/t12-/m1/s1. The zero-order valence-electron chi connectivity index (χ0n) is 15.3. The van der Waals surface area contributed by atoms with Gasteiger partial charge in [0.15, 0.2) is 4.34 Å². The number of thioether (sulfide) groups is 1. The maximum absolute atomic E-state index is 13.1. The lowest BCUT2D eigenvalue weighted by atomic mass is 9.99. The largest absolute Gasteiger partial charge is 0.300 e. The number of hydrogen-bond donors (Lipinski definition) is 1. The van der Waals surface area contributed by atoms with E-state index < -0.39 is 21.8 Å². The van der Waals surface area contributed by atoms with Crippen LogP contribution in [0.5, 0.6) is 0 Å². The number of sulfonamides is 1. The van der Waals surface area contributed by atoms with Crippen LogP contribution in [0.15, 0.2) is 33.5 Å². The molecule has 1 aromatic carbocycles. The van der Waals surface area contributed by atoms with Crippen molar-refractivity contribution in [2.75, 3.05) is 24.2 Å². The summed E-state index contributed by atoms with van der Waals surface area (Å²) in [5.41, 5.74) is 0. The molecule has 0 unspecified atom stereocenters. The first-order chi connectivity index (χ1) is 13.4. The van der Waals surface area contributed by atoms with Crippen LogP contribution < -0.4 is 5.32 Å². The van der Waals surface area contributed by atoms with Gasteiger partial charge in [-0.25, -0.2) is 12.8 Å². The number of amides is 1. The van der Waals surface area contributed by atoms with E-state index in [1.54, 1.807) is 11.8 Å². The maximum Gasteiger partial charge on any atom is 0.243 e. The fourth-order valence-electron chi connectivity index (χ4n) is 2.85. The van der Waals surface area contributed by atoms with Crippen molar-refractivity contribution < 1.29 is 17.6 Å². The molecule has 3 rings (SSSR count). The highest BCUT2D eigenvalue weighted by Crippen LogP contribution is 2.28. The summed E-state index contributed by atoms with van der Waals surface area (Å²) in [4.78, 5) is 12.6. The van der Waals surface area contributed by atoms with Crippen LogP contribution in [0.1, 0.15) is 26.2 Å². The Bertz CT molecular complexity index is 918. The number of aromatic nitrogens is 2. The van der Waals surface area contributed by atoms with Crippen molar-refractivity contribution in [1.29, 1.82) is 0 Å². The summed E-state index contributed by atoms with van der Waals surface area (Å²) in [5, 5.41) is 11.2. The fourth-order valence-corrected chi connectivity index (χ4v) is 6.05. The van der Waals surface area contributed by atoms with Crippen LogP contribution in [0.3, 0.4) is 0 Å². The minimum absolute atomic E-state index is 0.0247. The topological polar surface area (TPSA) is 92.3 Å². The molecule has 1 aliphatic heterocycles. The fraction of sp³-hybridized carbons (Fsp3) is 0.471. The van der Waals surface area contributed by atoms with E-state index >= 15 is 0 Å². The third-order valence-corrected chi connectivity index (χ3v) is 8.33. The van der Waals surface area contributed by atoms with Crippen LogP contribution in [0.4, 0.5) is 9.52 Å². The van der Waals surface area contributed by atoms with Gasteiger partial charge in [0.1, 0.15) is 5.82 Å². The molecular formula is C17H21FN4O3S3. The van der Waals surface area contributed by atoms with E-state index in [0.29, 0.717) is 24.5 Å². The first-order valence-corrected chi connectivity index (χ1v) is 12.2. The molecule has 1 N–H and O–H groups in total. The van der Waals surface area contributed by atoms with Gasteiger partial charge in [-0.3, -0.25) is 4.79 Å². The molecule has 2 heterocycles. The van der Waals surface area contributed by atoms with Crippen LogP contribution in [0, 0.1) is 11.7 Å². The number of piperidine rings is 1. The predicted octanol–water partition coefficient (Wildman–Crippen LogP) is 3.22. The summed E-state index contributed by atoms with van der Waals surface area (Å²) in [5.74, 6) is -0.299. The monoisotopic (exact) mass is 444 g/mol. The number of nitrogens with one attached hydrogen (secondary N) is 1. The highest BCUT2D eigenvalue weighted by molar-refractivity contribution is 8.01. The number of halogens is 1. The van der Waals surface area contributed by atoms with Crippen LogP contribution in [-0.4, -0.2) is 47.7 Å². The van der Waals surface area contributed by atoms with Gasteiger partial charge in [0.2, 0.25) is 21.1 Å². The predicted molar refractivity (Wildman–Crippen MR) is 107 cm³/mol. The van der Waals surface area contributed by atoms with E-state index in [1.807, 2.05) is 0 Å². The molecule has 1 aliphatic rings. The molecule has 0 bridgehead atoms. The zero-order chi connectivity index (χ0) is 20.1. The minimum Gasteiger partial charge on any atom is -0.300 e. The molecule has 1 saturated heterocycles. The third kappa shape index (κ3) is 5.07. The molecule has 1 aromatic heterocycles. The average Bonchev–Trinajstić information content (AvgIpc) is 3.14. The molecule has 0 aliphatic carbocycles. The molecule has 2 aromatic rings. The first kappa shape index (κ1) is 21.2. The van der Waals surface area contributed by atoms with E-state index in [-0.39, 0.29) is 17.3 Å². The van der Waals surface area contributed by atoms with E-state index in [0.717, 1.165) is 28.6 Å². The Morgan fingerprint density at radius 2 is 2.11 bits per heavy atom. The highest BCUT2D eigenvalue weighted by atomic mass is 32.2. The molecule has 11 heteroatoms. The highest BCUT2D eigenvalue weighted by Gasteiger charge is 2.33. The van der Waals surface area contributed by atoms with Crippen LogP contribution in [0.2, 0.25) is 0 Å². The van der Waals surface area contributed by atoms with Crippen molar-refractivity contribution in [3.05, 3.63) is 30.1 Å². The summed E-state index contributed by atoms with van der Waals surface area (Å²) in [7, 11) is -3.77. The Morgan fingerprint density at radius 1 is 1.36 bits per heavy atom. The van der Waals surface area contributed by atoms with Gasteiger partial charge in [0.05, 0.1) is 10.8 Å². The van der Waals surface area contributed by atoms with Crippen molar-refractivity contribution in [2.45, 2.75) is 35.4 Å². The van der Waals surface area contributed by atoms with Gasteiger partial charge in [-0.1, -0.05) is 30.0 Å². The van der Waals surface area contributed by atoms with E-state index in [4.69, 9.17) is 0 Å². The van der Waals surface area contributed by atoms with Gasteiger partial charge in [-0.2, -0.15) is 4.31 Å². The van der Waals surface area contributed by atoms with Crippen molar-refractivity contribution in [1.82, 2.24) is 14.5 Å². The second-order valence-corrected chi connectivity index (χ2v) is 10.6.